The van der Waals surface area contributed by atoms with Crippen LogP contribution in [-0.2, 0) is 10.3 Å². The normalized spacial score (nSPS) is 15.9. The van der Waals surface area contributed by atoms with Gasteiger partial charge < -0.3 is 9.47 Å². The molecular weight excluding hydrogens is 290 g/mol. The number of anilines is 1. The topological polar surface area (TPSA) is 47.6 Å². The smallest absolute Gasteiger partial charge is 0.412 e. The summed E-state index contributed by atoms with van der Waals surface area (Å²) >= 11 is 5.68. The van der Waals surface area contributed by atoms with E-state index in [4.69, 9.17) is 21.1 Å². The molecule has 0 aliphatic carbocycles. The number of ether oxygens (including phenoxy) is 2. The number of halogens is 1. The lowest BCUT2D eigenvalue weighted by Gasteiger charge is -2.38. The Morgan fingerprint density at radius 2 is 2.05 bits per heavy atom. The van der Waals surface area contributed by atoms with Crippen molar-refractivity contribution in [1.82, 2.24) is 0 Å². The van der Waals surface area contributed by atoms with Crippen molar-refractivity contribution in [3.05, 3.63) is 23.8 Å². The Hall–Kier alpha value is -1.42. The van der Waals surface area contributed by atoms with Crippen LogP contribution in [0.5, 0.6) is 5.75 Å². The fourth-order valence-corrected chi connectivity index (χ4v) is 2.91. The summed E-state index contributed by atoms with van der Waals surface area (Å²) in [5, 5.41) is 2.76. The molecule has 1 aromatic rings. The number of carbonyl (C=O) groups is 1. The molecule has 0 fully saturated rings. The largest absolute Gasteiger partial charge is 0.493 e. The zero-order chi connectivity index (χ0) is 15.3. The van der Waals surface area contributed by atoms with E-state index in [-0.39, 0.29) is 0 Å². The molecular formula is C16H22ClNO3. The van der Waals surface area contributed by atoms with Crippen molar-refractivity contribution in [3.63, 3.8) is 0 Å². The number of amides is 1. The van der Waals surface area contributed by atoms with Crippen molar-refractivity contribution >= 4 is 23.4 Å². The third kappa shape index (κ3) is 3.26. The van der Waals surface area contributed by atoms with Gasteiger partial charge in [-0.25, -0.2) is 4.79 Å². The van der Waals surface area contributed by atoms with Crippen LogP contribution < -0.4 is 10.1 Å². The number of fused-ring (bicyclic) bond motifs is 1. The molecule has 1 N–H and O–H groups in total. The number of nitrogens with one attached hydrogen (secondary N) is 1. The Morgan fingerprint density at radius 3 is 2.71 bits per heavy atom. The van der Waals surface area contributed by atoms with E-state index >= 15 is 0 Å². The van der Waals surface area contributed by atoms with Gasteiger partial charge in [0.05, 0.1) is 17.9 Å². The van der Waals surface area contributed by atoms with Crippen LogP contribution in [0.4, 0.5) is 10.5 Å². The maximum atomic E-state index is 11.8. The first kappa shape index (κ1) is 16.0. The van der Waals surface area contributed by atoms with E-state index in [1.165, 1.54) is 0 Å². The number of hydrogen-bond donors (Lipinski definition) is 1. The van der Waals surface area contributed by atoms with Crippen LogP contribution >= 0.6 is 11.6 Å². The molecule has 2 rings (SSSR count). The SMILES string of the molecule is CCC1(CC)OC(=O)Nc2cccc(OCCCCCl)c21. The number of benzene rings is 1. The fourth-order valence-electron chi connectivity index (χ4n) is 2.72. The molecule has 1 aliphatic heterocycles. The number of rotatable bonds is 7. The van der Waals surface area contributed by atoms with E-state index < -0.39 is 11.7 Å². The molecule has 0 atom stereocenters. The van der Waals surface area contributed by atoms with E-state index in [1.807, 2.05) is 32.0 Å². The maximum Gasteiger partial charge on any atom is 0.412 e. The lowest BCUT2D eigenvalue weighted by atomic mass is 9.85. The van der Waals surface area contributed by atoms with Crippen molar-refractivity contribution in [1.29, 1.82) is 0 Å². The maximum absolute atomic E-state index is 11.8. The van der Waals surface area contributed by atoms with Crippen molar-refractivity contribution in [3.8, 4) is 5.75 Å². The number of carbonyl (C=O) groups excluding carboxylic acids is 1. The van der Waals surface area contributed by atoms with Gasteiger partial charge in [0.1, 0.15) is 11.4 Å². The van der Waals surface area contributed by atoms with Crippen LogP contribution in [0, 0.1) is 0 Å². The minimum Gasteiger partial charge on any atom is -0.493 e. The molecule has 0 spiro atoms. The number of cyclic esters (lactones) is 1. The average Bonchev–Trinajstić information content (AvgIpc) is 2.50. The van der Waals surface area contributed by atoms with Crippen LogP contribution in [-0.4, -0.2) is 18.6 Å². The molecule has 0 unspecified atom stereocenters. The molecule has 1 heterocycles. The van der Waals surface area contributed by atoms with Crippen molar-refractivity contribution in [2.75, 3.05) is 17.8 Å². The first-order valence-corrected chi connectivity index (χ1v) is 8.02. The Kier molecular flexibility index (Phi) is 5.34. The summed E-state index contributed by atoms with van der Waals surface area (Å²) in [5.41, 5.74) is 1.12. The number of hydrogen-bond acceptors (Lipinski definition) is 3. The van der Waals surface area contributed by atoms with Crippen molar-refractivity contribution in [2.45, 2.75) is 45.1 Å². The highest BCUT2D eigenvalue weighted by molar-refractivity contribution is 6.17. The highest BCUT2D eigenvalue weighted by Gasteiger charge is 2.41. The second-order valence-corrected chi connectivity index (χ2v) is 5.52. The predicted molar refractivity (Wildman–Crippen MR) is 84.3 cm³/mol. The minimum absolute atomic E-state index is 0.398. The van der Waals surface area contributed by atoms with E-state index in [0.29, 0.717) is 25.3 Å². The van der Waals surface area contributed by atoms with Crippen molar-refractivity contribution < 1.29 is 14.3 Å². The van der Waals surface area contributed by atoms with Gasteiger partial charge in [-0.15, -0.1) is 11.6 Å². The standard InChI is InChI=1S/C16H22ClNO3/c1-3-16(4-2)14-12(18-15(19)21-16)8-7-9-13(14)20-11-6-5-10-17/h7-9H,3-6,10-11H2,1-2H3,(H,18,19). The zero-order valence-electron chi connectivity index (χ0n) is 12.6. The molecule has 1 amide bonds. The van der Waals surface area contributed by atoms with Gasteiger partial charge in [-0.3, -0.25) is 5.32 Å². The molecule has 0 aromatic heterocycles. The van der Waals surface area contributed by atoms with Crippen LogP contribution in [0.15, 0.2) is 18.2 Å². The highest BCUT2D eigenvalue weighted by Crippen LogP contribution is 2.46. The quantitative estimate of drug-likeness (QED) is 0.588. The summed E-state index contributed by atoms with van der Waals surface area (Å²) < 4.78 is 11.5. The highest BCUT2D eigenvalue weighted by atomic mass is 35.5. The van der Waals surface area contributed by atoms with Crippen LogP contribution in [0.2, 0.25) is 0 Å². The monoisotopic (exact) mass is 311 g/mol. The molecule has 21 heavy (non-hydrogen) atoms. The van der Waals surface area contributed by atoms with Gasteiger partial charge in [0.2, 0.25) is 0 Å². The summed E-state index contributed by atoms with van der Waals surface area (Å²) in [6.07, 6.45) is 2.87. The molecule has 0 saturated heterocycles. The number of unbranched alkanes of at least 4 members (excludes halogenated alkanes) is 1. The molecule has 1 aliphatic rings. The Labute approximate surface area is 130 Å². The number of alkyl halides is 1. The van der Waals surface area contributed by atoms with Gasteiger partial charge in [0.15, 0.2) is 0 Å². The fraction of sp³-hybridized carbons (Fsp3) is 0.562. The molecule has 1 aromatic carbocycles. The summed E-state index contributed by atoms with van der Waals surface area (Å²) in [4.78, 5) is 11.8. The van der Waals surface area contributed by atoms with E-state index in [2.05, 4.69) is 5.32 Å². The second-order valence-electron chi connectivity index (χ2n) is 5.14. The molecule has 0 radical (unpaired) electrons. The van der Waals surface area contributed by atoms with E-state index in [9.17, 15) is 4.79 Å². The van der Waals surface area contributed by atoms with Gasteiger partial charge in [-0.2, -0.15) is 0 Å². The molecule has 5 heteroatoms. The summed E-state index contributed by atoms with van der Waals surface area (Å²) in [6.45, 7) is 4.66. The van der Waals surface area contributed by atoms with Gasteiger partial charge in [-0.05, 0) is 37.8 Å². The summed E-state index contributed by atoms with van der Waals surface area (Å²) in [7, 11) is 0. The van der Waals surface area contributed by atoms with Gasteiger partial charge in [0.25, 0.3) is 0 Å². The predicted octanol–water partition coefficient (Wildman–Crippen LogP) is 4.66. The second kappa shape index (κ2) is 7.03. The van der Waals surface area contributed by atoms with E-state index in [1.54, 1.807) is 0 Å². The average molecular weight is 312 g/mol. The molecule has 116 valence electrons. The Balaban J connectivity index is 2.32. The lowest BCUT2D eigenvalue weighted by molar-refractivity contribution is 0.00254. The van der Waals surface area contributed by atoms with Crippen molar-refractivity contribution in [2.24, 2.45) is 0 Å². The van der Waals surface area contributed by atoms with Gasteiger partial charge in [0, 0.05) is 5.88 Å². The molecule has 0 bridgehead atoms. The lowest BCUT2D eigenvalue weighted by Crippen LogP contribution is -2.39. The molecule has 4 nitrogen and oxygen atoms in total. The first-order valence-electron chi connectivity index (χ1n) is 7.49. The summed E-state index contributed by atoms with van der Waals surface area (Å²) in [5.74, 6) is 1.43. The third-order valence-electron chi connectivity index (χ3n) is 3.93. The summed E-state index contributed by atoms with van der Waals surface area (Å²) in [6, 6.07) is 5.71. The van der Waals surface area contributed by atoms with Gasteiger partial charge in [-0.1, -0.05) is 19.9 Å². The van der Waals surface area contributed by atoms with E-state index in [0.717, 1.165) is 29.8 Å². The van der Waals surface area contributed by atoms with Gasteiger partial charge >= 0.3 is 6.09 Å². The molecule has 0 saturated carbocycles. The first-order chi connectivity index (χ1) is 10.2. The van der Waals surface area contributed by atoms with Crippen LogP contribution in [0.25, 0.3) is 0 Å². The van der Waals surface area contributed by atoms with Crippen LogP contribution in [0.3, 0.4) is 0 Å². The Bertz CT molecular complexity index is 500. The zero-order valence-corrected chi connectivity index (χ0v) is 13.3. The minimum atomic E-state index is -0.610. The van der Waals surface area contributed by atoms with Crippen LogP contribution in [0.1, 0.15) is 45.1 Å². The Morgan fingerprint density at radius 1 is 1.29 bits per heavy atom. The third-order valence-corrected chi connectivity index (χ3v) is 4.20.